The van der Waals surface area contributed by atoms with Crippen LogP contribution < -0.4 is 10.1 Å². The van der Waals surface area contributed by atoms with Gasteiger partial charge >= 0.3 is 5.97 Å². The quantitative estimate of drug-likeness (QED) is 0.886. The van der Waals surface area contributed by atoms with Crippen molar-refractivity contribution in [3.05, 3.63) is 53.3 Å². The average molecular weight is 312 g/mol. The van der Waals surface area contributed by atoms with Gasteiger partial charge in [-0.1, -0.05) is 12.1 Å². The number of carboxylic acids is 1. The Morgan fingerprint density at radius 2 is 2.30 bits per heavy atom. The summed E-state index contributed by atoms with van der Waals surface area (Å²) in [7, 11) is 1.70. The third kappa shape index (κ3) is 3.13. The average Bonchev–Trinajstić information content (AvgIpc) is 2.59. The summed E-state index contributed by atoms with van der Waals surface area (Å²) in [5.41, 5.74) is 3.39. The lowest BCUT2D eigenvalue weighted by atomic mass is 9.82. The molecule has 2 aromatic rings. The summed E-state index contributed by atoms with van der Waals surface area (Å²) in [5, 5.41) is 12.5. The zero-order valence-corrected chi connectivity index (χ0v) is 13.1. The Morgan fingerprint density at radius 1 is 1.43 bits per heavy atom. The summed E-state index contributed by atoms with van der Waals surface area (Å²) in [4.78, 5) is 15.3. The van der Waals surface area contributed by atoms with E-state index >= 15 is 0 Å². The van der Waals surface area contributed by atoms with Gasteiger partial charge in [0.1, 0.15) is 5.75 Å². The van der Waals surface area contributed by atoms with Gasteiger partial charge in [0.15, 0.2) is 0 Å². The molecule has 1 aliphatic carbocycles. The van der Waals surface area contributed by atoms with Gasteiger partial charge < -0.3 is 15.2 Å². The van der Waals surface area contributed by atoms with Gasteiger partial charge in [-0.25, -0.2) is 4.79 Å². The van der Waals surface area contributed by atoms with Crippen molar-refractivity contribution in [2.75, 3.05) is 19.0 Å². The Bertz CT molecular complexity index is 715. The second-order valence-corrected chi connectivity index (χ2v) is 5.72. The first-order valence-corrected chi connectivity index (χ1v) is 7.77. The van der Waals surface area contributed by atoms with Crippen LogP contribution in [0.3, 0.4) is 0 Å². The Kier molecular flexibility index (Phi) is 4.46. The van der Waals surface area contributed by atoms with Crippen LogP contribution in [0.5, 0.6) is 5.75 Å². The number of carboxylic acid groups (broad SMARTS) is 1. The largest absolute Gasteiger partial charge is 0.496 e. The fraction of sp³-hybridized carbons (Fsp3) is 0.333. The van der Waals surface area contributed by atoms with E-state index in [0.29, 0.717) is 18.2 Å². The second kappa shape index (κ2) is 6.69. The summed E-state index contributed by atoms with van der Waals surface area (Å²) in [6.07, 6.45) is 6.28. The number of hydrogen-bond acceptors (Lipinski definition) is 4. The fourth-order valence-electron chi connectivity index (χ4n) is 3.27. The van der Waals surface area contributed by atoms with Crippen molar-refractivity contribution in [2.24, 2.45) is 0 Å². The predicted octanol–water partition coefficient (Wildman–Crippen LogP) is 3.32. The van der Waals surface area contributed by atoms with Crippen LogP contribution in [0.15, 0.2) is 36.7 Å². The van der Waals surface area contributed by atoms with Gasteiger partial charge in [-0.3, -0.25) is 4.98 Å². The van der Waals surface area contributed by atoms with Crippen LogP contribution in [0.4, 0.5) is 5.69 Å². The zero-order chi connectivity index (χ0) is 16.2. The van der Waals surface area contributed by atoms with Crippen LogP contribution >= 0.6 is 0 Å². The molecule has 1 aliphatic rings. The number of pyridine rings is 1. The van der Waals surface area contributed by atoms with Crippen molar-refractivity contribution >= 4 is 11.7 Å². The van der Waals surface area contributed by atoms with Crippen LogP contribution in [-0.2, 0) is 6.42 Å². The third-order valence-electron chi connectivity index (χ3n) is 4.40. The lowest BCUT2D eigenvalue weighted by Gasteiger charge is -2.27. The molecule has 0 saturated heterocycles. The number of rotatable bonds is 5. The molecular weight excluding hydrogens is 292 g/mol. The number of aromatic nitrogens is 1. The molecule has 3 rings (SSSR count). The number of hydrogen-bond donors (Lipinski definition) is 2. The summed E-state index contributed by atoms with van der Waals surface area (Å²) in [6, 6.07) is 7.67. The van der Waals surface area contributed by atoms with Gasteiger partial charge in [0.25, 0.3) is 0 Å². The minimum absolute atomic E-state index is 0.252. The van der Waals surface area contributed by atoms with Gasteiger partial charge in [-0.2, -0.15) is 0 Å². The number of nitrogens with zero attached hydrogens (tertiary/aromatic N) is 1. The number of methoxy groups -OCH3 is 1. The Hall–Kier alpha value is -2.56. The van der Waals surface area contributed by atoms with Crippen molar-refractivity contribution in [1.29, 1.82) is 0 Å². The molecule has 0 saturated carbocycles. The highest BCUT2D eigenvalue weighted by molar-refractivity contribution is 5.93. The first-order valence-electron chi connectivity index (χ1n) is 7.77. The van der Waals surface area contributed by atoms with E-state index in [1.807, 2.05) is 12.1 Å². The molecule has 0 radical (unpaired) electrons. The Morgan fingerprint density at radius 3 is 3.09 bits per heavy atom. The number of fused-ring (bicyclic) bond motifs is 1. The van der Waals surface area contributed by atoms with Crippen LogP contribution in [0, 0.1) is 0 Å². The van der Waals surface area contributed by atoms with Crippen molar-refractivity contribution in [2.45, 2.75) is 25.2 Å². The van der Waals surface area contributed by atoms with Crippen molar-refractivity contribution in [1.82, 2.24) is 4.98 Å². The summed E-state index contributed by atoms with van der Waals surface area (Å²) in [6.45, 7) is 0.687. The standard InChI is InChI=1S/C18H20N2O3/c1-23-17-7-3-5-13-12(4-2-6-14(13)17)10-20-16-11-19-9-8-15(16)18(21)22/h3,5,7-9,11-12,20H,2,4,6,10H2,1H3,(H,21,22). The molecule has 1 atom stereocenters. The van der Waals surface area contributed by atoms with Gasteiger partial charge in [-0.05, 0) is 42.5 Å². The maximum absolute atomic E-state index is 11.3. The van der Waals surface area contributed by atoms with E-state index < -0.39 is 5.97 Å². The minimum Gasteiger partial charge on any atom is -0.496 e. The van der Waals surface area contributed by atoms with Crippen LogP contribution in [0.2, 0.25) is 0 Å². The fourth-order valence-corrected chi connectivity index (χ4v) is 3.27. The monoisotopic (exact) mass is 312 g/mol. The Balaban J connectivity index is 1.80. The maximum atomic E-state index is 11.3. The summed E-state index contributed by atoms with van der Waals surface area (Å²) in [5.74, 6) is 0.344. The number of aromatic carboxylic acids is 1. The van der Waals surface area contributed by atoms with Crippen molar-refractivity contribution in [3.63, 3.8) is 0 Å². The molecule has 5 heteroatoms. The van der Waals surface area contributed by atoms with Crippen LogP contribution in [0.25, 0.3) is 0 Å². The van der Waals surface area contributed by atoms with E-state index in [0.717, 1.165) is 25.0 Å². The molecule has 0 fully saturated rings. The molecule has 2 N–H and O–H groups in total. The number of ether oxygens (including phenoxy) is 1. The molecule has 23 heavy (non-hydrogen) atoms. The zero-order valence-electron chi connectivity index (χ0n) is 13.1. The van der Waals surface area contributed by atoms with Crippen LogP contribution in [-0.4, -0.2) is 29.7 Å². The van der Waals surface area contributed by atoms with E-state index in [1.54, 1.807) is 13.3 Å². The number of benzene rings is 1. The highest BCUT2D eigenvalue weighted by Gasteiger charge is 2.23. The maximum Gasteiger partial charge on any atom is 0.337 e. The molecule has 1 aromatic heterocycles. The molecule has 0 amide bonds. The molecule has 0 bridgehead atoms. The second-order valence-electron chi connectivity index (χ2n) is 5.72. The molecule has 5 nitrogen and oxygen atoms in total. The van der Waals surface area contributed by atoms with E-state index in [9.17, 15) is 9.90 Å². The SMILES string of the molecule is COc1cccc2c1CCCC2CNc1cnccc1C(=O)O. The molecule has 0 spiro atoms. The highest BCUT2D eigenvalue weighted by Crippen LogP contribution is 2.36. The van der Waals surface area contributed by atoms with E-state index in [-0.39, 0.29) is 5.56 Å². The van der Waals surface area contributed by atoms with E-state index in [2.05, 4.69) is 16.4 Å². The van der Waals surface area contributed by atoms with E-state index in [4.69, 9.17) is 4.74 Å². The third-order valence-corrected chi connectivity index (χ3v) is 4.40. The predicted molar refractivity (Wildman–Crippen MR) is 88.4 cm³/mol. The van der Waals surface area contributed by atoms with Gasteiger partial charge in [0, 0.05) is 18.7 Å². The molecule has 1 heterocycles. The van der Waals surface area contributed by atoms with Gasteiger partial charge in [0.2, 0.25) is 0 Å². The molecular formula is C18H20N2O3. The van der Waals surface area contributed by atoms with Crippen molar-refractivity contribution in [3.8, 4) is 5.75 Å². The van der Waals surface area contributed by atoms with Crippen LogP contribution in [0.1, 0.15) is 40.2 Å². The summed E-state index contributed by atoms with van der Waals surface area (Å²) >= 11 is 0. The van der Waals surface area contributed by atoms with Crippen molar-refractivity contribution < 1.29 is 14.6 Å². The molecule has 0 aliphatic heterocycles. The molecule has 1 aromatic carbocycles. The highest BCUT2D eigenvalue weighted by atomic mass is 16.5. The topological polar surface area (TPSA) is 71.5 Å². The lowest BCUT2D eigenvalue weighted by Crippen LogP contribution is -2.19. The normalized spacial score (nSPS) is 16.5. The number of carbonyl (C=O) groups is 1. The van der Waals surface area contributed by atoms with E-state index in [1.165, 1.54) is 23.4 Å². The number of nitrogens with one attached hydrogen (secondary N) is 1. The summed E-state index contributed by atoms with van der Waals surface area (Å²) < 4.78 is 5.47. The number of anilines is 1. The Labute approximate surface area is 135 Å². The smallest absolute Gasteiger partial charge is 0.337 e. The molecule has 120 valence electrons. The lowest BCUT2D eigenvalue weighted by molar-refractivity contribution is 0.0698. The molecule has 1 unspecified atom stereocenters. The first-order chi connectivity index (χ1) is 11.2. The van der Waals surface area contributed by atoms with Gasteiger partial charge in [0.05, 0.1) is 24.6 Å². The first kappa shape index (κ1) is 15.3. The minimum atomic E-state index is -0.944. The van der Waals surface area contributed by atoms with Gasteiger partial charge in [-0.15, -0.1) is 0 Å².